The Balaban J connectivity index is 2.04. The molecule has 1 nitrogen and oxygen atoms in total. The topological polar surface area (TPSA) is 12.0 Å². The first-order chi connectivity index (χ1) is 8.19. The Bertz CT molecular complexity index is 510. The maximum absolute atomic E-state index is 13.4. The van der Waals surface area contributed by atoms with Gasteiger partial charge in [-0.05, 0) is 36.8 Å². The van der Waals surface area contributed by atoms with Gasteiger partial charge in [0.25, 0.3) is 0 Å². The monoisotopic (exact) mass is 269 g/mol. The van der Waals surface area contributed by atoms with E-state index in [1.165, 1.54) is 15.8 Å². The molecule has 0 bridgehead atoms. The molecule has 0 aliphatic heterocycles. The summed E-state index contributed by atoms with van der Waals surface area (Å²) in [4.78, 5) is 2.54. The van der Waals surface area contributed by atoms with Crippen LogP contribution in [0.2, 0.25) is 5.02 Å². The van der Waals surface area contributed by atoms with Crippen LogP contribution >= 0.6 is 22.9 Å². The molecule has 0 spiro atoms. The molecule has 0 aliphatic rings. The molecule has 17 heavy (non-hydrogen) atoms. The molecule has 0 atom stereocenters. The molecule has 1 aromatic carbocycles. The summed E-state index contributed by atoms with van der Waals surface area (Å²) in [6.07, 6.45) is 1.04. The van der Waals surface area contributed by atoms with Crippen LogP contribution in [0.15, 0.2) is 30.3 Å². The number of rotatable bonds is 4. The Hall–Kier alpha value is -1.06. The smallest absolute Gasteiger partial charge is 0.146 e. The summed E-state index contributed by atoms with van der Waals surface area (Å²) >= 11 is 7.57. The van der Waals surface area contributed by atoms with Gasteiger partial charge < -0.3 is 5.32 Å². The van der Waals surface area contributed by atoms with Gasteiger partial charge in [0.2, 0.25) is 0 Å². The van der Waals surface area contributed by atoms with E-state index in [9.17, 15) is 4.39 Å². The highest BCUT2D eigenvalue weighted by atomic mass is 35.5. The van der Waals surface area contributed by atoms with E-state index in [1.807, 2.05) is 0 Å². The summed E-state index contributed by atoms with van der Waals surface area (Å²) in [6.45, 7) is 2.75. The number of benzene rings is 1. The molecule has 4 heteroatoms. The van der Waals surface area contributed by atoms with Gasteiger partial charge in [0.15, 0.2) is 0 Å². The zero-order valence-corrected chi connectivity index (χ0v) is 11.0. The molecule has 2 aromatic rings. The van der Waals surface area contributed by atoms with Gasteiger partial charge in [-0.3, -0.25) is 0 Å². The highest BCUT2D eigenvalue weighted by molar-refractivity contribution is 7.12. The van der Waals surface area contributed by atoms with Crippen molar-refractivity contribution in [2.45, 2.75) is 19.9 Å². The van der Waals surface area contributed by atoms with Crippen molar-refractivity contribution in [3.63, 3.8) is 0 Å². The molecule has 0 aliphatic carbocycles. The lowest BCUT2D eigenvalue weighted by molar-refractivity contribution is 0.630. The third-order valence-corrected chi connectivity index (χ3v) is 3.91. The molecule has 1 aromatic heterocycles. The number of hydrogen-bond donors (Lipinski definition) is 1. The van der Waals surface area contributed by atoms with E-state index in [2.05, 4.69) is 24.4 Å². The molecule has 0 unspecified atom stereocenters. The van der Waals surface area contributed by atoms with Crippen LogP contribution in [0.4, 0.5) is 10.1 Å². The van der Waals surface area contributed by atoms with Crippen LogP contribution in [0.1, 0.15) is 16.7 Å². The predicted octanol–water partition coefficient (Wildman–Crippen LogP) is 4.72. The first-order valence-electron chi connectivity index (χ1n) is 5.45. The van der Waals surface area contributed by atoms with E-state index >= 15 is 0 Å². The van der Waals surface area contributed by atoms with Gasteiger partial charge in [-0.25, -0.2) is 4.39 Å². The van der Waals surface area contributed by atoms with Gasteiger partial charge in [-0.2, -0.15) is 0 Å². The number of thiophene rings is 1. The van der Waals surface area contributed by atoms with E-state index in [-0.39, 0.29) is 5.82 Å². The maximum Gasteiger partial charge on any atom is 0.146 e. The third kappa shape index (κ3) is 3.20. The minimum atomic E-state index is -0.276. The SMILES string of the molecule is CCc1ccc(CNc2cc(Cl)ccc2F)s1. The first-order valence-corrected chi connectivity index (χ1v) is 6.65. The molecule has 0 saturated heterocycles. The fourth-order valence-corrected chi connectivity index (χ4v) is 2.59. The van der Waals surface area contributed by atoms with E-state index < -0.39 is 0 Å². The maximum atomic E-state index is 13.4. The zero-order chi connectivity index (χ0) is 12.3. The summed E-state index contributed by atoms with van der Waals surface area (Å²) in [5.41, 5.74) is 0.448. The molecule has 90 valence electrons. The number of hydrogen-bond acceptors (Lipinski definition) is 2. The number of halogens is 2. The van der Waals surface area contributed by atoms with Crippen molar-refractivity contribution >= 4 is 28.6 Å². The van der Waals surface area contributed by atoms with Crippen molar-refractivity contribution in [3.05, 3.63) is 50.9 Å². The normalized spacial score (nSPS) is 10.5. The van der Waals surface area contributed by atoms with E-state index in [0.29, 0.717) is 17.3 Å². The molecular weight excluding hydrogens is 257 g/mol. The third-order valence-electron chi connectivity index (χ3n) is 2.45. The lowest BCUT2D eigenvalue weighted by Crippen LogP contribution is -1.99. The average molecular weight is 270 g/mol. The van der Waals surface area contributed by atoms with Gasteiger partial charge in [0.05, 0.1) is 5.69 Å². The summed E-state index contributed by atoms with van der Waals surface area (Å²) in [5, 5.41) is 3.59. The predicted molar refractivity (Wildman–Crippen MR) is 72.4 cm³/mol. The minimum Gasteiger partial charge on any atom is -0.378 e. The Morgan fingerprint density at radius 3 is 2.71 bits per heavy atom. The molecule has 0 amide bonds. The van der Waals surface area contributed by atoms with Crippen LogP contribution in [0.5, 0.6) is 0 Å². The van der Waals surface area contributed by atoms with Gasteiger partial charge >= 0.3 is 0 Å². The Kier molecular flexibility index (Phi) is 4.02. The van der Waals surface area contributed by atoms with Gasteiger partial charge in [-0.15, -0.1) is 11.3 Å². The summed E-state index contributed by atoms with van der Waals surface area (Å²) in [6, 6.07) is 8.69. The van der Waals surface area contributed by atoms with Crippen molar-refractivity contribution in [3.8, 4) is 0 Å². The fourth-order valence-electron chi connectivity index (χ4n) is 1.52. The lowest BCUT2D eigenvalue weighted by atomic mass is 10.3. The largest absolute Gasteiger partial charge is 0.378 e. The Morgan fingerprint density at radius 1 is 1.24 bits per heavy atom. The van der Waals surface area contributed by atoms with Crippen molar-refractivity contribution in [2.75, 3.05) is 5.32 Å². The second-order valence-corrected chi connectivity index (χ2v) is 5.39. The van der Waals surface area contributed by atoms with Crippen LogP contribution in [0.3, 0.4) is 0 Å². The number of aryl methyl sites for hydroxylation is 1. The van der Waals surface area contributed by atoms with E-state index in [0.717, 1.165) is 6.42 Å². The van der Waals surface area contributed by atoms with Crippen molar-refractivity contribution in [2.24, 2.45) is 0 Å². The average Bonchev–Trinajstić information content (AvgIpc) is 2.78. The van der Waals surface area contributed by atoms with Crippen LogP contribution < -0.4 is 5.32 Å². The lowest BCUT2D eigenvalue weighted by Gasteiger charge is -2.06. The second kappa shape index (κ2) is 5.52. The second-order valence-electron chi connectivity index (χ2n) is 3.70. The van der Waals surface area contributed by atoms with Gasteiger partial charge in [0, 0.05) is 21.3 Å². The molecular formula is C13H13ClFNS. The minimum absolute atomic E-state index is 0.276. The molecule has 1 N–H and O–H groups in total. The Morgan fingerprint density at radius 2 is 2.00 bits per heavy atom. The highest BCUT2D eigenvalue weighted by Gasteiger charge is 2.03. The quantitative estimate of drug-likeness (QED) is 0.847. The first kappa shape index (κ1) is 12.4. The standard InChI is InChI=1S/C13H13ClFNS/c1-2-10-4-5-11(17-10)8-16-13-7-9(14)3-6-12(13)15/h3-7,16H,2,8H2,1H3. The van der Waals surface area contributed by atoms with E-state index in [1.54, 1.807) is 23.5 Å². The molecule has 0 saturated carbocycles. The zero-order valence-electron chi connectivity index (χ0n) is 9.47. The van der Waals surface area contributed by atoms with Gasteiger partial charge in [-0.1, -0.05) is 18.5 Å². The molecule has 0 radical (unpaired) electrons. The summed E-state index contributed by atoms with van der Waals surface area (Å²) in [7, 11) is 0. The number of nitrogens with one attached hydrogen (secondary N) is 1. The molecule has 1 heterocycles. The van der Waals surface area contributed by atoms with Crippen LogP contribution in [0, 0.1) is 5.82 Å². The summed E-state index contributed by atoms with van der Waals surface area (Å²) < 4.78 is 13.4. The number of anilines is 1. The van der Waals surface area contributed by atoms with Crippen molar-refractivity contribution in [1.82, 2.24) is 0 Å². The van der Waals surface area contributed by atoms with Crippen LogP contribution in [-0.2, 0) is 13.0 Å². The van der Waals surface area contributed by atoms with Gasteiger partial charge in [0.1, 0.15) is 5.82 Å². The van der Waals surface area contributed by atoms with Crippen LogP contribution in [-0.4, -0.2) is 0 Å². The van der Waals surface area contributed by atoms with Crippen molar-refractivity contribution in [1.29, 1.82) is 0 Å². The van der Waals surface area contributed by atoms with Crippen molar-refractivity contribution < 1.29 is 4.39 Å². The van der Waals surface area contributed by atoms with E-state index in [4.69, 9.17) is 11.6 Å². The Labute approximate surface area is 109 Å². The van der Waals surface area contributed by atoms with Crippen LogP contribution in [0.25, 0.3) is 0 Å². The molecule has 0 fully saturated rings. The molecule has 2 rings (SSSR count). The fraction of sp³-hybridized carbons (Fsp3) is 0.231. The highest BCUT2D eigenvalue weighted by Crippen LogP contribution is 2.22. The summed E-state index contributed by atoms with van der Waals surface area (Å²) in [5.74, 6) is -0.276.